The van der Waals surface area contributed by atoms with Crippen LogP contribution in [-0.2, 0) is 18.9 Å². The first kappa shape index (κ1) is 27.3. The zero-order valence-corrected chi connectivity index (χ0v) is 22.1. The first-order chi connectivity index (χ1) is 12.9. The molecule has 164 valence electrons. The maximum atomic E-state index is 6.21. The molecule has 0 aliphatic carbocycles. The molecule has 0 aliphatic rings. The van der Waals surface area contributed by atoms with E-state index < -0.39 is 19.0 Å². The summed E-state index contributed by atoms with van der Waals surface area (Å²) in [5, 5.41) is 0. The lowest BCUT2D eigenvalue weighted by molar-refractivity contribution is -0.172. The number of rotatable bonds is 20. The topological polar surface area (TPSA) is 36.9 Å². The van der Waals surface area contributed by atoms with Gasteiger partial charge in [-0.15, -0.1) is 0 Å². The molecule has 0 aromatic rings. The van der Waals surface area contributed by atoms with Crippen molar-refractivity contribution in [2.24, 2.45) is 0 Å². The minimum Gasteiger partial charge on any atom is -0.355 e. The van der Waals surface area contributed by atoms with E-state index in [4.69, 9.17) is 18.9 Å². The molecular formula is C21H48O4Si2. The third kappa shape index (κ3) is 14.9. The maximum absolute atomic E-state index is 6.21. The van der Waals surface area contributed by atoms with Crippen molar-refractivity contribution in [1.82, 2.24) is 0 Å². The first-order valence-corrected chi connectivity index (χ1v) is 14.9. The van der Waals surface area contributed by atoms with Crippen molar-refractivity contribution in [2.75, 3.05) is 26.4 Å². The summed E-state index contributed by atoms with van der Waals surface area (Å²) in [5.74, 6) is 0. The van der Waals surface area contributed by atoms with Crippen LogP contribution in [0.5, 0.6) is 0 Å². The zero-order valence-electron chi connectivity index (χ0n) is 19.2. The van der Waals surface area contributed by atoms with Gasteiger partial charge in [0.05, 0.1) is 19.0 Å². The van der Waals surface area contributed by atoms with Gasteiger partial charge in [0.25, 0.3) is 0 Å². The largest absolute Gasteiger partial charge is 0.355 e. The lowest BCUT2D eigenvalue weighted by Crippen LogP contribution is -2.45. The van der Waals surface area contributed by atoms with Gasteiger partial charge >= 0.3 is 0 Å². The third-order valence-corrected chi connectivity index (χ3v) is 10.3. The van der Waals surface area contributed by atoms with Gasteiger partial charge in [-0.3, -0.25) is 0 Å². The molecule has 0 bridgehead atoms. The van der Waals surface area contributed by atoms with Crippen LogP contribution in [0.1, 0.15) is 92.9 Å². The van der Waals surface area contributed by atoms with Crippen molar-refractivity contribution in [3.63, 3.8) is 0 Å². The smallest absolute Gasteiger partial charge is 0.142 e. The van der Waals surface area contributed by atoms with Crippen molar-refractivity contribution in [3.8, 4) is 0 Å². The van der Waals surface area contributed by atoms with Gasteiger partial charge in [-0.1, -0.05) is 59.0 Å². The summed E-state index contributed by atoms with van der Waals surface area (Å²) in [5.41, 5.74) is 0.583. The molecule has 0 saturated heterocycles. The summed E-state index contributed by atoms with van der Waals surface area (Å²) in [4.78, 5) is 0. The average molecular weight is 421 g/mol. The number of hydrogen-bond donors (Lipinski definition) is 0. The third-order valence-electron chi connectivity index (χ3n) is 4.88. The zero-order chi connectivity index (χ0) is 20.4. The van der Waals surface area contributed by atoms with E-state index in [1.807, 2.05) is 0 Å². The van der Waals surface area contributed by atoms with Crippen molar-refractivity contribution >= 4 is 19.0 Å². The van der Waals surface area contributed by atoms with E-state index in [1.165, 1.54) is 5.67 Å². The molecule has 4 nitrogen and oxygen atoms in total. The van der Waals surface area contributed by atoms with E-state index in [0.29, 0.717) is 0 Å². The summed E-state index contributed by atoms with van der Waals surface area (Å²) in [6.07, 6.45) is 9.08. The molecule has 0 heterocycles. The van der Waals surface area contributed by atoms with E-state index in [-0.39, 0.29) is 10.8 Å². The molecule has 6 heteroatoms. The monoisotopic (exact) mass is 420 g/mol. The van der Waals surface area contributed by atoms with E-state index >= 15 is 0 Å². The molecule has 0 aliphatic heterocycles. The van der Waals surface area contributed by atoms with Crippen molar-refractivity contribution < 1.29 is 18.9 Å². The molecule has 0 aromatic carbocycles. The standard InChI is InChI=1S/C21H48O4Si2/c1-7-11-15-22-20(5,23-16-12-8-2)26-19-27-21(6,24-17-13-9-3)25-18-14-10-4/h7-19,26-27H2,1-6H3. The Morgan fingerprint density at radius 1 is 0.519 bits per heavy atom. The predicted octanol–water partition coefficient (Wildman–Crippen LogP) is 4.31. The van der Waals surface area contributed by atoms with Crippen LogP contribution in [0.25, 0.3) is 0 Å². The summed E-state index contributed by atoms with van der Waals surface area (Å²) in [6, 6.07) is 0. The summed E-state index contributed by atoms with van der Waals surface area (Å²) < 4.78 is 24.8. The van der Waals surface area contributed by atoms with Crippen LogP contribution in [0.15, 0.2) is 0 Å². The second kappa shape index (κ2) is 17.2. The molecule has 0 atom stereocenters. The predicted molar refractivity (Wildman–Crippen MR) is 122 cm³/mol. The fourth-order valence-electron chi connectivity index (χ4n) is 2.83. The van der Waals surface area contributed by atoms with Gasteiger partial charge in [0.15, 0.2) is 0 Å². The highest BCUT2D eigenvalue weighted by Gasteiger charge is 2.30. The number of ether oxygens (including phenoxy) is 4. The van der Waals surface area contributed by atoms with E-state index in [1.54, 1.807) is 0 Å². The average Bonchev–Trinajstić information content (AvgIpc) is 2.63. The van der Waals surface area contributed by atoms with E-state index in [0.717, 1.165) is 77.8 Å². The SMILES string of the molecule is CCCCOC(C)(OCCCC)[SiH2]C[SiH2]C(C)(OCCCC)OCCCC. The molecular weight excluding hydrogens is 372 g/mol. The Bertz CT molecular complexity index is 279. The van der Waals surface area contributed by atoms with Crippen LogP contribution < -0.4 is 0 Å². The molecule has 0 saturated carbocycles. The molecule has 0 rings (SSSR count). The Labute approximate surface area is 174 Å². The molecule has 0 radical (unpaired) electrons. The van der Waals surface area contributed by atoms with Crippen LogP contribution in [0.3, 0.4) is 0 Å². The van der Waals surface area contributed by atoms with Crippen molar-refractivity contribution in [3.05, 3.63) is 0 Å². The molecule has 0 amide bonds. The number of unbranched alkanes of at least 4 members (excludes halogenated alkanes) is 4. The highest BCUT2D eigenvalue weighted by Crippen LogP contribution is 2.19. The summed E-state index contributed by atoms with van der Waals surface area (Å²) in [7, 11) is -1.01. The van der Waals surface area contributed by atoms with Gasteiger partial charge < -0.3 is 18.9 Å². The molecule has 27 heavy (non-hydrogen) atoms. The first-order valence-electron chi connectivity index (χ1n) is 11.5. The lowest BCUT2D eigenvalue weighted by atomic mass is 10.3. The Morgan fingerprint density at radius 2 is 0.778 bits per heavy atom. The van der Waals surface area contributed by atoms with Gasteiger partial charge in [0.2, 0.25) is 0 Å². The Morgan fingerprint density at radius 3 is 1.00 bits per heavy atom. The second-order valence-electron chi connectivity index (χ2n) is 7.93. The van der Waals surface area contributed by atoms with E-state index in [9.17, 15) is 0 Å². The van der Waals surface area contributed by atoms with Gasteiger partial charge in [0, 0.05) is 26.4 Å². The lowest BCUT2D eigenvalue weighted by Gasteiger charge is -2.33. The van der Waals surface area contributed by atoms with Gasteiger partial charge in [-0.05, 0) is 39.5 Å². The molecule has 0 aromatic heterocycles. The highest BCUT2D eigenvalue weighted by atomic mass is 28.3. The molecule has 0 fully saturated rings. The van der Waals surface area contributed by atoms with Crippen LogP contribution in [0.2, 0.25) is 5.67 Å². The molecule has 0 spiro atoms. The Kier molecular flexibility index (Phi) is 17.3. The summed E-state index contributed by atoms with van der Waals surface area (Å²) in [6.45, 7) is 16.4. The fraction of sp³-hybridized carbons (Fsp3) is 1.00. The fourth-order valence-corrected chi connectivity index (χ4v) is 9.83. The molecule has 0 unspecified atom stereocenters. The maximum Gasteiger partial charge on any atom is 0.142 e. The van der Waals surface area contributed by atoms with Crippen molar-refractivity contribution in [2.45, 2.75) is 109 Å². The van der Waals surface area contributed by atoms with Gasteiger partial charge in [-0.25, -0.2) is 0 Å². The minimum absolute atomic E-state index is 0.328. The summed E-state index contributed by atoms with van der Waals surface area (Å²) >= 11 is 0. The van der Waals surface area contributed by atoms with Crippen LogP contribution in [0.4, 0.5) is 0 Å². The Balaban J connectivity index is 4.60. The van der Waals surface area contributed by atoms with E-state index in [2.05, 4.69) is 41.5 Å². The second-order valence-corrected chi connectivity index (χ2v) is 14.3. The highest BCUT2D eigenvalue weighted by molar-refractivity contribution is 6.58. The minimum atomic E-state index is -0.507. The Hall–Kier alpha value is 0.274. The van der Waals surface area contributed by atoms with Crippen LogP contribution >= 0.6 is 0 Å². The quantitative estimate of drug-likeness (QED) is 0.167. The normalized spacial score (nSPS) is 13.6. The molecule has 0 N–H and O–H groups in total. The number of hydrogen-bond acceptors (Lipinski definition) is 4. The van der Waals surface area contributed by atoms with Crippen molar-refractivity contribution in [1.29, 1.82) is 0 Å². The van der Waals surface area contributed by atoms with Gasteiger partial charge in [-0.2, -0.15) is 0 Å². The van der Waals surface area contributed by atoms with Gasteiger partial charge in [0.1, 0.15) is 10.8 Å². The van der Waals surface area contributed by atoms with Crippen LogP contribution in [-0.4, -0.2) is 56.3 Å². The van der Waals surface area contributed by atoms with Crippen LogP contribution in [0, 0.1) is 0 Å².